The molecule has 0 radical (unpaired) electrons. The molecule has 0 amide bonds. The topological polar surface area (TPSA) is 38.7 Å². The number of hydrogen-bond acceptors (Lipinski definition) is 6. The van der Waals surface area contributed by atoms with Crippen LogP contribution in [0.1, 0.15) is 44.1 Å². The predicted octanol–water partition coefficient (Wildman–Crippen LogP) is 2.13. The van der Waals surface area contributed by atoms with Crippen molar-refractivity contribution in [1.82, 2.24) is 19.8 Å². The summed E-state index contributed by atoms with van der Waals surface area (Å²) in [6.07, 6.45) is 9.92. The average Bonchev–Trinajstić information content (AvgIpc) is 3.03. The maximum absolute atomic E-state index is 5.12. The number of rotatable bonds is 2. The van der Waals surface area contributed by atoms with Crippen molar-refractivity contribution in [2.45, 2.75) is 69.6 Å². The lowest BCUT2D eigenvalue weighted by Gasteiger charge is -2.30. The largest absolute Gasteiger partial charge is 0.355 e. The number of hydrogen-bond donors (Lipinski definition) is 0. The van der Waals surface area contributed by atoms with E-state index >= 15 is 0 Å². The number of nitrogens with zero attached hydrogens (tertiary/aromatic N) is 6. The van der Waals surface area contributed by atoms with Crippen molar-refractivity contribution in [2.24, 2.45) is 0 Å². The highest BCUT2D eigenvalue weighted by molar-refractivity contribution is 5.50. The first-order chi connectivity index (χ1) is 13.1. The summed E-state index contributed by atoms with van der Waals surface area (Å²) in [7, 11) is 4.61. The van der Waals surface area contributed by atoms with E-state index in [-0.39, 0.29) is 0 Å². The highest BCUT2D eigenvalue weighted by Crippen LogP contribution is 2.33. The average molecular weight is 371 g/mol. The lowest BCUT2D eigenvalue weighted by molar-refractivity contribution is 0.254. The molecule has 0 aliphatic carbocycles. The van der Waals surface area contributed by atoms with Crippen molar-refractivity contribution in [3.63, 3.8) is 0 Å². The van der Waals surface area contributed by atoms with Crippen molar-refractivity contribution in [2.75, 3.05) is 50.1 Å². The fraction of sp³-hybridized carbons (Fsp3) is 0.810. The maximum atomic E-state index is 5.12. The Bertz CT molecular complexity index is 693. The summed E-state index contributed by atoms with van der Waals surface area (Å²) < 4.78 is 0. The maximum Gasteiger partial charge on any atom is 0.227 e. The van der Waals surface area contributed by atoms with Gasteiger partial charge in [-0.25, -0.2) is 4.98 Å². The molecule has 4 aliphatic rings. The minimum Gasteiger partial charge on any atom is -0.355 e. The minimum atomic E-state index is 0.661. The van der Waals surface area contributed by atoms with E-state index in [2.05, 4.69) is 46.8 Å². The SMILES string of the molecule is Cc1cnc(N2CCC3CCC(C2)N3C)nc1N1CCC2CCC(C1)N2C. The number of aromatic nitrogens is 2. The number of anilines is 2. The van der Waals surface area contributed by atoms with Gasteiger partial charge in [-0.1, -0.05) is 0 Å². The highest BCUT2D eigenvalue weighted by Gasteiger charge is 2.37. The Hall–Kier alpha value is -1.40. The van der Waals surface area contributed by atoms with E-state index < -0.39 is 0 Å². The van der Waals surface area contributed by atoms with Crippen LogP contribution < -0.4 is 9.80 Å². The normalized spacial score (nSPS) is 34.8. The van der Waals surface area contributed by atoms with Crippen molar-refractivity contribution < 1.29 is 0 Å². The van der Waals surface area contributed by atoms with Crippen LogP contribution in [0.15, 0.2) is 6.20 Å². The van der Waals surface area contributed by atoms with E-state index in [1.165, 1.54) is 49.9 Å². The summed E-state index contributed by atoms with van der Waals surface area (Å²) in [6, 6.07) is 2.85. The Balaban J connectivity index is 1.38. The summed E-state index contributed by atoms with van der Waals surface area (Å²) in [5, 5.41) is 0. The van der Waals surface area contributed by atoms with Crippen LogP contribution in [0, 0.1) is 6.92 Å². The van der Waals surface area contributed by atoms with Gasteiger partial charge in [0, 0.05) is 62.1 Å². The molecule has 0 N–H and O–H groups in total. The molecule has 5 heterocycles. The van der Waals surface area contributed by atoms with E-state index in [4.69, 9.17) is 9.97 Å². The summed E-state index contributed by atoms with van der Waals surface area (Å²) in [6.45, 7) is 6.56. The first kappa shape index (κ1) is 17.7. The van der Waals surface area contributed by atoms with Gasteiger partial charge in [0.25, 0.3) is 0 Å². The van der Waals surface area contributed by atoms with Gasteiger partial charge < -0.3 is 9.80 Å². The van der Waals surface area contributed by atoms with Gasteiger partial charge in [-0.2, -0.15) is 4.98 Å². The van der Waals surface area contributed by atoms with Gasteiger partial charge in [0.05, 0.1) is 0 Å². The first-order valence-electron chi connectivity index (χ1n) is 10.9. The zero-order valence-electron chi connectivity index (χ0n) is 17.1. The van der Waals surface area contributed by atoms with Gasteiger partial charge in [-0.15, -0.1) is 0 Å². The van der Waals surface area contributed by atoms with Crippen molar-refractivity contribution in [1.29, 1.82) is 0 Å². The van der Waals surface area contributed by atoms with Crippen LogP contribution in [0.5, 0.6) is 0 Å². The molecule has 0 saturated carbocycles. The summed E-state index contributed by atoms with van der Waals surface area (Å²) in [5.41, 5.74) is 1.22. The molecule has 6 nitrogen and oxygen atoms in total. The molecule has 1 aromatic rings. The third kappa shape index (κ3) is 3.11. The van der Waals surface area contributed by atoms with Gasteiger partial charge in [-0.05, 0) is 59.5 Å². The van der Waals surface area contributed by atoms with Crippen LogP contribution in [0.4, 0.5) is 11.8 Å². The Kier molecular flexibility index (Phi) is 4.51. The van der Waals surface area contributed by atoms with Gasteiger partial charge in [0.2, 0.25) is 5.95 Å². The third-order valence-corrected chi connectivity index (χ3v) is 7.81. The smallest absolute Gasteiger partial charge is 0.227 e. The van der Waals surface area contributed by atoms with Crippen LogP contribution in [-0.2, 0) is 0 Å². The Morgan fingerprint density at radius 3 is 2.00 bits per heavy atom. The van der Waals surface area contributed by atoms with E-state index in [9.17, 15) is 0 Å². The summed E-state index contributed by atoms with van der Waals surface area (Å²) in [5.74, 6) is 2.11. The Morgan fingerprint density at radius 1 is 0.778 bits per heavy atom. The van der Waals surface area contributed by atoms with Gasteiger partial charge in [0.15, 0.2) is 0 Å². The van der Waals surface area contributed by atoms with E-state index in [0.29, 0.717) is 12.1 Å². The zero-order chi connectivity index (χ0) is 18.5. The summed E-state index contributed by atoms with van der Waals surface area (Å²) >= 11 is 0. The molecular weight excluding hydrogens is 336 g/mol. The minimum absolute atomic E-state index is 0.661. The molecule has 4 saturated heterocycles. The lowest BCUT2D eigenvalue weighted by Crippen LogP contribution is -2.39. The van der Waals surface area contributed by atoms with Gasteiger partial charge in [-0.3, -0.25) is 9.80 Å². The quantitative estimate of drug-likeness (QED) is 0.794. The van der Waals surface area contributed by atoms with E-state index in [0.717, 1.165) is 44.2 Å². The van der Waals surface area contributed by atoms with Gasteiger partial charge in [0.1, 0.15) is 5.82 Å². The second-order valence-corrected chi connectivity index (χ2v) is 9.25. The van der Waals surface area contributed by atoms with E-state index in [1.54, 1.807) is 0 Å². The summed E-state index contributed by atoms with van der Waals surface area (Å²) in [4.78, 5) is 20.1. The molecule has 1 aromatic heterocycles. The van der Waals surface area contributed by atoms with Crippen LogP contribution in [0.2, 0.25) is 0 Å². The zero-order valence-corrected chi connectivity index (χ0v) is 17.1. The fourth-order valence-electron chi connectivity index (χ4n) is 5.89. The van der Waals surface area contributed by atoms with Crippen LogP contribution in [0.25, 0.3) is 0 Å². The molecule has 148 valence electrons. The van der Waals surface area contributed by atoms with Crippen LogP contribution in [0.3, 0.4) is 0 Å². The predicted molar refractivity (Wildman–Crippen MR) is 110 cm³/mol. The van der Waals surface area contributed by atoms with E-state index in [1.807, 2.05) is 0 Å². The molecule has 4 aliphatic heterocycles. The highest BCUT2D eigenvalue weighted by atomic mass is 15.3. The standard InChI is InChI=1S/C21H34N6/c1-15-12-22-21(27-11-9-17-5-7-19(14-27)25(17)3)23-20(15)26-10-8-16-4-6-18(13-26)24(16)2/h12,16-19H,4-11,13-14H2,1-3H3. The number of fused-ring (bicyclic) bond motifs is 4. The second kappa shape index (κ2) is 6.89. The molecule has 27 heavy (non-hydrogen) atoms. The lowest BCUT2D eigenvalue weighted by atomic mass is 10.1. The second-order valence-electron chi connectivity index (χ2n) is 9.25. The molecule has 4 unspecified atom stereocenters. The molecule has 6 heteroatoms. The van der Waals surface area contributed by atoms with Crippen LogP contribution in [-0.4, -0.2) is 84.2 Å². The molecule has 0 spiro atoms. The molecule has 4 bridgehead atoms. The molecule has 5 rings (SSSR count). The number of likely N-dealkylation sites (N-methyl/N-ethyl adjacent to an activating group) is 2. The monoisotopic (exact) mass is 370 g/mol. The van der Waals surface area contributed by atoms with Gasteiger partial charge >= 0.3 is 0 Å². The van der Waals surface area contributed by atoms with Crippen molar-refractivity contribution in [3.05, 3.63) is 11.8 Å². The first-order valence-corrected chi connectivity index (χ1v) is 10.9. The molecular formula is C21H34N6. The fourth-order valence-corrected chi connectivity index (χ4v) is 5.89. The van der Waals surface area contributed by atoms with Crippen molar-refractivity contribution >= 4 is 11.8 Å². The molecule has 4 atom stereocenters. The molecule has 4 fully saturated rings. The Labute approximate surface area is 163 Å². The van der Waals surface area contributed by atoms with Crippen LogP contribution >= 0.6 is 0 Å². The van der Waals surface area contributed by atoms with Crippen molar-refractivity contribution in [3.8, 4) is 0 Å². The third-order valence-electron chi connectivity index (χ3n) is 7.81. The molecule has 0 aromatic carbocycles. The number of aryl methyl sites for hydroxylation is 1. The Morgan fingerprint density at radius 2 is 1.33 bits per heavy atom.